The predicted octanol–water partition coefficient (Wildman–Crippen LogP) is 4.45. The van der Waals surface area contributed by atoms with Crippen LogP contribution >= 0.6 is 8.58 Å². The van der Waals surface area contributed by atoms with Crippen molar-refractivity contribution in [1.29, 1.82) is 0 Å². The Kier molecular flexibility index (Phi) is 5.48. The highest BCUT2D eigenvalue weighted by molar-refractivity contribution is 7.55. The maximum atomic E-state index is 14.2. The third kappa shape index (κ3) is 4.13. The zero-order chi connectivity index (χ0) is 16.9. The summed E-state index contributed by atoms with van der Waals surface area (Å²) in [6, 6.07) is 11.7. The number of methoxy groups -OCH3 is 1. The molecule has 2 aromatic carbocycles. The van der Waals surface area contributed by atoms with Crippen LogP contribution in [0.5, 0.6) is 5.75 Å². The Hall–Kier alpha value is -1.92. The average Bonchev–Trinajstić information content (AvgIpc) is 2.59. The lowest BCUT2D eigenvalue weighted by Crippen LogP contribution is -2.12. The van der Waals surface area contributed by atoms with Gasteiger partial charge in [-0.2, -0.15) is 0 Å². The monoisotopic (exact) mass is 340 g/mol. The van der Waals surface area contributed by atoms with Crippen LogP contribution in [0.3, 0.4) is 0 Å². The lowest BCUT2D eigenvalue weighted by atomic mass is 9.93. The van der Waals surface area contributed by atoms with Gasteiger partial charge in [0.1, 0.15) is 11.6 Å². The van der Waals surface area contributed by atoms with Crippen LogP contribution in [-0.4, -0.2) is 7.11 Å². The largest absolute Gasteiger partial charge is 0.496 e. The summed E-state index contributed by atoms with van der Waals surface area (Å²) in [5, 5.41) is 1.80. The number of hydrogen-bond donors (Lipinski definition) is 0. The summed E-state index contributed by atoms with van der Waals surface area (Å²) in [7, 11) is 1.92. The van der Waals surface area contributed by atoms with Crippen molar-refractivity contribution < 1.29 is 9.13 Å². The first-order chi connectivity index (χ1) is 11.7. The molecule has 2 atom stereocenters. The second-order valence-corrected chi connectivity index (χ2v) is 7.48. The number of halogens is 1. The van der Waals surface area contributed by atoms with Gasteiger partial charge < -0.3 is 4.74 Å². The average molecular weight is 340 g/mol. The molecule has 3 rings (SSSR count). The normalized spacial score (nSPS) is 16.9. The number of benzene rings is 2. The molecule has 0 bridgehead atoms. The van der Waals surface area contributed by atoms with E-state index in [1.54, 1.807) is 13.2 Å². The smallest absolute Gasteiger partial charge is 0.131 e. The molecule has 0 amide bonds. The number of ether oxygens (including phenoxy) is 1. The molecule has 0 N–H and O–H groups in total. The van der Waals surface area contributed by atoms with Crippen LogP contribution in [0.1, 0.15) is 17.5 Å². The van der Waals surface area contributed by atoms with Crippen LogP contribution in [0.15, 0.2) is 60.7 Å². The molecule has 0 fully saturated rings. The number of rotatable bonds is 5. The van der Waals surface area contributed by atoms with Crippen molar-refractivity contribution in [3.05, 3.63) is 77.6 Å². The minimum Gasteiger partial charge on any atom is -0.496 e. The third-order valence-electron chi connectivity index (χ3n) is 4.23. The van der Waals surface area contributed by atoms with Crippen molar-refractivity contribution in [2.75, 3.05) is 7.11 Å². The Morgan fingerprint density at radius 2 is 2.00 bits per heavy atom. The fraction of sp³-hybridized carbons (Fsp3) is 0.238. The number of allylic oxidation sites excluding steroid dienone is 4. The zero-order valence-electron chi connectivity index (χ0n) is 14.1. The van der Waals surface area contributed by atoms with Gasteiger partial charge in [-0.25, -0.2) is 4.39 Å². The molecule has 0 heterocycles. The van der Waals surface area contributed by atoms with E-state index in [0.29, 0.717) is 5.92 Å². The van der Waals surface area contributed by atoms with Crippen molar-refractivity contribution >= 4 is 19.2 Å². The Morgan fingerprint density at radius 3 is 2.71 bits per heavy atom. The Morgan fingerprint density at radius 1 is 1.12 bits per heavy atom. The Balaban J connectivity index is 1.83. The number of hydrogen-bond acceptors (Lipinski definition) is 1. The van der Waals surface area contributed by atoms with Crippen LogP contribution in [0.2, 0.25) is 0 Å². The van der Waals surface area contributed by atoms with E-state index in [9.17, 15) is 4.39 Å². The summed E-state index contributed by atoms with van der Waals surface area (Å²) < 4.78 is 19.7. The van der Waals surface area contributed by atoms with E-state index in [-0.39, 0.29) is 14.4 Å². The van der Waals surface area contributed by atoms with Gasteiger partial charge in [0.15, 0.2) is 0 Å². The summed E-state index contributed by atoms with van der Waals surface area (Å²) in [6.45, 7) is 1.91. The van der Waals surface area contributed by atoms with Gasteiger partial charge in [0, 0.05) is 10.6 Å². The first-order valence-electron chi connectivity index (χ1n) is 8.19. The van der Waals surface area contributed by atoms with Gasteiger partial charge in [-0.3, -0.25) is 0 Å². The molecule has 24 heavy (non-hydrogen) atoms. The van der Waals surface area contributed by atoms with E-state index in [2.05, 4.69) is 36.4 Å². The zero-order valence-corrected chi connectivity index (χ0v) is 15.1. The molecule has 0 spiro atoms. The third-order valence-corrected chi connectivity index (χ3v) is 5.56. The van der Waals surface area contributed by atoms with E-state index in [0.717, 1.165) is 34.8 Å². The van der Waals surface area contributed by atoms with Gasteiger partial charge in [-0.1, -0.05) is 51.1 Å². The molecule has 124 valence electrons. The van der Waals surface area contributed by atoms with Crippen molar-refractivity contribution in [3.63, 3.8) is 0 Å². The van der Waals surface area contributed by atoms with Crippen LogP contribution in [0, 0.1) is 18.7 Å². The summed E-state index contributed by atoms with van der Waals surface area (Å²) in [5.41, 5.74) is 2.22. The highest BCUT2D eigenvalue weighted by Crippen LogP contribution is 2.24. The van der Waals surface area contributed by atoms with Crippen LogP contribution in [0.25, 0.3) is 0 Å². The molecule has 0 aliphatic heterocycles. The first-order valence-corrected chi connectivity index (χ1v) is 9.19. The fourth-order valence-corrected chi connectivity index (χ4v) is 4.15. The Bertz CT molecular complexity index is 779. The van der Waals surface area contributed by atoms with Gasteiger partial charge in [0.05, 0.1) is 7.11 Å². The van der Waals surface area contributed by atoms with Crippen LogP contribution < -0.4 is 15.3 Å². The van der Waals surface area contributed by atoms with Gasteiger partial charge in [0.2, 0.25) is 0 Å². The molecule has 1 aliphatic rings. The molecule has 0 radical (unpaired) electrons. The molecular weight excluding hydrogens is 318 g/mol. The van der Waals surface area contributed by atoms with Crippen molar-refractivity contribution in [3.8, 4) is 5.75 Å². The molecule has 1 nitrogen and oxygen atoms in total. The molecule has 0 saturated carbocycles. The first kappa shape index (κ1) is 16.9. The van der Waals surface area contributed by atoms with E-state index < -0.39 is 0 Å². The lowest BCUT2D eigenvalue weighted by molar-refractivity contribution is 0.418. The standard InChI is InChI=1S/C21H22FOP/c1-15-8-11-20(18(22)12-15)24-21-14-17(9-10-19(21)23-2)13-16-6-4-3-5-7-16/h3-6,8-12,14,16,24H,7,13H2,1-2H3. The summed E-state index contributed by atoms with van der Waals surface area (Å²) in [4.78, 5) is 0. The van der Waals surface area contributed by atoms with Crippen molar-refractivity contribution in [1.82, 2.24) is 0 Å². The second kappa shape index (κ2) is 7.77. The maximum absolute atomic E-state index is 14.2. The topological polar surface area (TPSA) is 9.23 Å². The van der Waals surface area contributed by atoms with E-state index in [4.69, 9.17) is 4.74 Å². The second-order valence-electron chi connectivity index (χ2n) is 6.16. The van der Waals surface area contributed by atoms with Crippen LogP contribution in [0.4, 0.5) is 4.39 Å². The lowest BCUT2D eigenvalue weighted by Gasteiger charge is -2.15. The fourth-order valence-electron chi connectivity index (χ4n) is 2.93. The molecule has 0 saturated heterocycles. The predicted molar refractivity (Wildman–Crippen MR) is 102 cm³/mol. The Labute approximate surface area is 145 Å². The maximum Gasteiger partial charge on any atom is 0.131 e. The molecule has 3 heteroatoms. The molecule has 0 aromatic heterocycles. The van der Waals surface area contributed by atoms with E-state index in [1.165, 1.54) is 5.56 Å². The van der Waals surface area contributed by atoms with Crippen LogP contribution in [-0.2, 0) is 6.42 Å². The summed E-state index contributed by atoms with van der Waals surface area (Å²) in [6.07, 6.45) is 10.7. The highest BCUT2D eigenvalue weighted by Gasteiger charge is 2.12. The SMILES string of the molecule is COc1ccc(CC2C=CC=CC2)cc1Pc1ccc(C)cc1F. The van der Waals surface area contributed by atoms with E-state index in [1.807, 2.05) is 25.1 Å². The van der Waals surface area contributed by atoms with Gasteiger partial charge in [0.25, 0.3) is 0 Å². The van der Waals surface area contributed by atoms with Gasteiger partial charge in [-0.15, -0.1) is 0 Å². The number of aryl methyl sites for hydroxylation is 1. The molecular formula is C21H22FOP. The van der Waals surface area contributed by atoms with Gasteiger partial charge >= 0.3 is 0 Å². The summed E-state index contributed by atoms with van der Waals surface area (Å²) in [5.74, 6) is 1.23. The molecule has 2 unspecified atom stereocenters. The van der Waals surface area contributed by atoms with Gasteiger partial charge in [-0.05, 0) is 55.0 Å². The highest BCUT2D eigenvalue weighted by atomic mass is 31.1. The molecule has 1 aliphatic carbocycles. The summed E-state index contributed by atoms with van der Waals surface area (Å²) >= 11 is 0. The molecule has 2 aromatic rings. The quantitative estimate of drug-likeness (QED) is 0.731. The van der Waals surface area contributed by atoms with Crippen molar-refractivity contribution in [2.24, 2.45) is 5.92 Å². The minimum atomic E-state index is -0.138. The minimum absolute atomic E-state index is 0.138. The van der Waals surface area contributed by atoms with E-state index >= 15 is 0 Å². The van der Waals surface area contributed by atoms with Crippen molar-refractivity contribution in [2.45, 2.75) is 19.8 Å².